The first-order valence-corrected chi connectivity index (χ1v) is 11.5. The van der Waals surface area contributed by atoms with E-state index in [0.29, 0.717) is 11.2 Å². The first-order valence-electron chi connectivity index (χ1n) is 9.30. The smallest absolute Gasteiger partial charge is 0.410 e. The highest BCUT2D eigenvalue weighted by Crippen LogP contribution is 2.40. The fourth-order valence-electron chi connectivity index (χ4n) is 4.01. The predicted octanol–water partition coefficient (Wildman–Crippen LogP) is 2.99. The van der Waals surface area contributed by atoms with E-state index in [1.165, 1.54) is 11.5 Å². The fraction of sp³-hybridized carbons (Fsp3) is 0.889. The largest absolute Gasteiger partial charge is 0.444 e. The third kappa shape index (κ3) is 5.00. The third-order valence-corrected chi connectivity index (χ3v) is 7.98. The molecule has 0 spiro atoms. The molecule has 25 heavy (non-hydrogen) atoms. The number of nitrogens with zero attached hydrogens (tertiary/aromatic N) is 1. The Morgan fingerprint density at radius 3 is 2.68 bits per heavy atom. The summed E-state index contributed by atoms with van der Waals surface area (Å²) in [7, 11) is 0. The maximum atomic E-state index is 12.8. The highest BCUT2D eigenvalue weighted by atomic mass is 32.2. The molecule has 5 nitrogen and oxygen atoms in total. The van der Waals surface area contributed by atoms with Crippen molar-refractivity contribution in [1.29, 1.82) is 0 Å². The van der Waals surface area contributed by atoms with E-state index in [2.05, 4.69) is 5.32 Å². The first-order chi connectivity index (χ1) is 11.8. The van der Waals surface area contributed by atoms with Gasteiger partial charge < -0.3 is 15.0 Å². The van der Waals surface area contributed by atoms with Crippen LogP contribution >= 0.6 is 23.5 Å². The zero-order chi connectivity index (χ0) is 18.0. The minimum atomic E-state index is -0.499. The van der Waals surface area contributed by atoms with Crippen molar-refractivity contribution in [3.63, 3.8) is 0 Å². The molecule has 4 rings (SSSR count). The molecule has 3 aliphatic heterocycles. The highest BCUT2D eigenvalue weighted by molar-refractivity contribution is 8.06. The Morgan fingerprint density at radius 1 is 1.24 bits per heavy atom. The number of piperidine rings is 2. The fourth-order valence-corrected chi connectivity index (χ4v) is 6.62. The lowest BCUT2D eigenvalue weighted by atomic mass is 9.72. The first kappa shape index (κ1) is 19.2. The summed E-state index contributed by atoms with van der Waals surface area (Å²) in [5.74, 6) is 3.97. The Kier molecular flexibility index (Phi) is 6.14. The Balaban J connectivity index is 1.57. The van der Waals surface area contributed by atoms with Crippen LogP contribution in [0, 0.1) is 11.8 Å². The Labute approximate surface area is 159 Å². The maximum Gasteiger partial charge on any atom is 0.410 e. The third-order valence-electron chi connectivity index (χ3n) is 5.13. The average Bonchev–Trinajstić information content (AvgIpc) is 2.59. The number of fused-ring (bicyclic) bond motifs is 3. The summed E-state index contributed by atoms with van der Waals surface area (Å²) in [6.07, 6.45) is 2.67. The number of ether oxygens (including phenoxy) is 1. The molecule has 1 aliphatic carbocycles. The van der Waals surface area contributed by atoms with Crippen LogP contribution < -0.4 is 5.32 Å². The minimum absolute atomic E-state index is 0.00626. The van der Waals surface area contributed by atoms with Gasteiger partial charge in [-0.1, -0.05) is 0 Å². The van der Waals surface area contributed by atoms with Gasteiger partial charge in [-0.3, -0.25) is 4.79 Å². The SMILES string of the molecule is CC(C)(C)OC(=O)N1CC2CCC1C(C(=O)NCC1CSCCS1)C2. The molecule has 1 saturated carbocycles. The molecule has 2 bridgehead atoms. The van der Waals surface area contributed by atoms with E-state index < -0.39 is 5.60 Å². The summed E-state index contributed by atoms with van der Waals surface area (Å²) in [5, 5.41) is 3.68. The van der Waals surface area contributed by atoms with Crippen LogP contribution in [-0.2, 0) is 9.53 Å². The van der Waals surface area contributed by atoms with Crippen LogP contribution in [0.25, 0.3) is 0 Å². The molecule has 4 atom stereocenters. The number of amides is 2. The molecule has 0 aromatic carbocycles. The second-order valence-electron chi connectivity index (χ2n) is 8.30. The van der Waals surface area contributed by atoms with E-state index in [-0.39, 0.29) is 24.0 Å². The van der Waals surface area contributed by atoms with Gasteiger partial charge in [-0.2, -0.15) is 23.5 Å². The molecule has 3 heterocycles. The van der Waals surface area contributed by atoms with Gasteiger partial charge >= 0.3 is 6.09 Å². The van der Waals surface area contributed by atoms with Gasteiger partial charge in [0.15, 0.2) is 0 Å². The number of nitrogens with one attached hydrogen (secondary N) is 1. The maximum absolute atomic E-state index is 12.8. The van der Waals surface area contributed by atoms with E-state index in [4.69, 9.17) is 4.74 Å². The van der Waals surface area contributed by atoms with Gasteiger partial charge in [0.2, 0.25) is 5.91 Å². The number of carbonyl (C=O) groups excluding carboxylic acids is 2. The quantitative estimate of drug-likeness (QED) is 0.808. The molecule has 7 heteroatoms. The summed E-state index contributed by atoms with van der Waals surface area (Å²) in [5.41, 5.74) is -0.499. The van der Waals surface area contributed by atoms with Crippen LogP contribution in [0.3, 0.4) is 0 Å². The molecule has 3 saturated heterocycles. The van der Waals surface area contributed by atoms with Crippen LogP contribution in [0.15, 0.2) is 0 Å². The lowest BCUT2D eigenvalue weighted by Gasteiger charge is -2.49. The zero-order valence-electron chi connectivity index (χ0n) is 15.5. The van der Waals surface area contributed by atoms with Crippen molar-refractivity contribution in [3.8, 4) is 0 Å². The highest BCUT2D eigenvalue weighted by Gasteiger charge is 2.46. The molecule has 0 aromatic heterocycles. The van der Waals surface area contributed by atoms with Crippen molar-refractivity contribution in [3.05, 3.63) is 0 Å². The van der Waals surface area contributed by atoms with E-state index in [1.807, 2.05) is 49.2 Å². The Hall–Kier alpha value is -0.560. The summed E-state index contributed by atoms with van der Waals surface area (Å²) in [6.45, 7) is 7.14. The summed E-state index contributed by atoms with van der Waals surface area (Å²) < 4.78 is 5.56. The second-order valence-corrected chi connectivity index (χ2v) is 10.9. The number of rotatable bonds is 3. The lowest BCUT2D eigenvalue weighted by molar-refractivity contribution is -0.132. The zero-order valence-corrected chi connectivity index (χ0v) is 17.1. The predicted molar refractivity (Wildman–Crippen MR) is 104 cm³/mol. The van der Waals surface area contributed by atoms with Gasteiger partial charge in [0, 0.05) is 41.6 Å². The minimum Gasteiger partial charge on any atom is -0.444 e. The summed E-state index contributed by atoms with van der Waals surface area (Å²) >= 11 is 3.93. The molecular weight excluding hydrogens is 356 g/mol. The molecule has 142 valence electrons. The monoisotopic (exact) mass is 386 g/mol. The van der Waals surface area contributed by atoms with Gasteiger partial charge in [0.05, 0.1) is 5.92 Å². The van der Waals surface area contributed by atoms with Gasteiger partial charge in [-0.25, -0.2) is 4.79 Å². The molecule has 4 fully saturated rings. The second kappa shape index (κ2) is 7.99. The van der Waals surface area contributed by atoms with Gasteiger partial charge in [-0.15, -0.1) is 0 Å². The number of thioether (sulfide) groups is 2. The lowest BCUT2D eigenvalue weighted by Crippen LogP contribution is -2.59. The van der Waals surface area contributed by atoms with Crippen LogP contribution in [-0.4, -0.2) is 64.1 Å². The molecule has 4 aliphatic rings. The molecule has 0 aromatic rings. The Bertz CT molecular complexity index is 503. The molecule has 2 amide bonds. The Morgan fingerprint density at radius 2 is 2.04 bits per heavy atom. The van der Waals surface area contributed by atoms with Crippen molar-refractivity contribution in [2.24, 2.45) is 11.8 Å². The van der Waals surface area contributed by atoms with Crippen molar-refractivity contribution >= 4 is 35.5 Å². The van der Waals surface area contributed by atoms with Gasteiger partial charge in [0.25, 0.3) is 0 Å². The summed E-state index contributed by atoms with van der Waals surface area (Å²) in [6, 6.07) is -0.00626. The van der Waals surface area contributed by atoms with E-state index >= 15 is 0 Å². The van der Waals surface area contributed by atoms with Crippen LogP contribution in [0.1, 0.15) is 40.0 Å². The molecule has 1 N–H and O–H groups in total. The summed E-state index contributed by atoms with van der Waals surface area (Å²) in [4.78, 5) is 27.1. The van der Waals surface area contributed by atoms with Crippen molar-refractivity contribution in [2.75, 3.05) is 30.3 Å². The van der Waals surface area contributed by atoms with Crippen molar-refractivity contribution in [2.45, 2.75) is 56.9 Å². The topological polar surface area (TPSA) is 58.6 Å². The molecule has 0 radical (unpaired) electrons. The van der Waals surface area contributed by atoms with E-state index in [9.17, 15) is 9.59 Å². The van der Waals surface area contributed by atoms with Crippen molar-refractivity contribution in [1.82, 2.24) is 10.2 Å². The number of carbonyl (C=O) groups is 2. The van der Waals surface area contributed by atoms with E-state index in [0.717, 1.165) is 38.1 Å². The van der Waals surface area contributed by atoms with Gasteiger partial charge in [0.1, 0.15) is 5.60 Å². The molecule has 4 unspecified atom stereocenters. The van der Waals surface area contributed by atoms with Gasteiger partial charge in [-0.05, 0) is 46.0 Å². The average molecular weight is 387 g/mol. The van der Waals surface area contributed by atoms with Crippen molar-refractivity contribution < 1.29 is 14.3 Å². The van der Waals surface area contributed by atoms with E-state index in [1.54, 1.807) is 0 Å². The standard InChI is InChI=1S/C18H30N2O3S2/c1-18(2,3)23-17(22)20-10-12-4-5-15(20)14(8-12)16(21)19-9-13-11-24-6-7-25-13/h12-15H,4-11H2,1-3H3,(H,19,21). The normalized spacial score (nSPS) is 32.4. The number of hydrogen-bond donors (Lipinski definition) is 1. The van der Waals surface area contributed by atoms with Crippen LogP contribution in [0.2, 0.25) is 0 Å². The van der Waals surface area contributed by atoms with Crippen LogP contribution in [0.5, 0.6) is 0 Å². The van der Waals surface area contributed by atoms with Crippen LogP contribution in [0.4, 0.5) is 4.79 Å². The number of hydrogen-bond acceptors (Lipinski definition) is 5. The molecular formula is C18H30N2O3S2.